The number of hydrogen-bond acceptors (Lipinski definition) is 3. The summed E-state index contributed by atoms with van der Waals surface area (Å²) in [6, 6.07) is 8.30. The van der Waals surface area contributed by atoms with Crippen molar-refractivity contribution in [2.75, 3.05) is 13.1 Å². The van der Waals surface area contributed by atoms with Crippen molar-refractivity contribution >= 4 is 5.52 Å². The van der Waals surface area contributed by atoms with Crippen molar-refractivity contribution in [1.29, 1.82) is 5.26 Å². The molecule has 0 spiro atoms. The van der Waals surface area contributed by atoms with Crippen molar-refractivity contribution < 1.29 is 4.74 Å². The van der Waals surface area contributed by atoms with Crippen LogP contribution in [0.3, 0.4) is 0 Å². The van der Waals surface area contributed by atoms with Crippen molar-refractivity contribution in [1.82, 2.24) is 9.30 Å². The van der Waals surface area contributed by atoms with Crippen LogP contribution < -0.4 is 0 Å². The van der Waals surface area contributed by atoms with E-state index in [0.29, 0.717) is 0 Å². The van der Waals surface area contributed by atoms with Crippen LogP contribution >= 0.6 is 0 Å². The van der Waals surface area contributed by atoms with E-state index in [4.69, 9.17) is 4.74 Å². The number of rotatable bonds is 2. The molecule has 0 radical (unpaired) electrons. The molecule has 3 heterocycles. The summed E-state index contributed by atoms with van der Waals surface area (Å²) in [4.78, 5) is 2.37. The Morgan fingerprint density at radius 1 is 1.30 bits per heavy atom. The molecule has 2 unspecified atom stereocenters. The first-order chi connectivity index (χ1) is 9.67. The van der Waals surface area contributed by atoms with Gasteiger partial charge in [-0.1, -0.05) is 6.07 Å². The fourth-order valence-corrected chi connectivity index (χ4v) is 3.08. The first kappa shape index (κ1) is 13.2. The Morgan fingerprint density at radius 3 is 2.75 bits per heavy atom. The lowest BCUT2D eigenvalue weighted by Gasteiger charge is -2.35. The number of aromatic nitrogens is 1. The number of morpholine rings is 1. The molecular weight excluding hydrogens is 250 g/mol. The lowest BCUT2D eigenvalue weighted by Crippen LogP contribution is -2.44. The predicted molar refractivity (Wildman–Crippen MR) is 77.4 cm³/mol. The topological polar surface area (TPSA) is 40.7 Å². The van der Waals surface area contributed by atoms with Gasteiger partial charge in [0.05, 0.1) is 23.3 Å². The third-order valence-electron chi connectivity index (χ3n) is 3.76. The SMILES string of the molecule is CC1CN(Cc2cn3ccccc3c2C#N)CC(C)O1. The van der Waals surface area contributed by atoms with Gasteiger partial charge in [-0.05, 0) is 26.0 Å². The molecule has 1 aliphatic rings. The molecule has 4 heteroatoms. The first-order valence-electron chi connectivity index (χ1n) is 7.04. The van der Waals surface area contributed by atoms with E-state index in [1.807, 2.05) is 28.8 Å². The Morgan fingerprint density at radius 2 is 2.05 bits per heavy atom. The summed E-state index contributed by atoms with van der Waals surface area (Å²) in [5.41, 5.74) is 2.87. The molecule has 2 atom stereocenters. The van der Waals surface area contributed by atoms with Crippen molar-refractivity contribution in [2.24, 2.45) is 0 Å². The second-order valence-corrected chi connectivity index (χ2v) is 5.59. The molecule has 0 N–H and O–H groups in total. The lowest BCUT2D eigenvalue weighted by atomic mass is 10.1. The standard InChI is InChI=1S/C16H19N3O/c1-12-8-18(9-13(2)20-12)10-14-11-19-6-4-3-5-16(19)15(14)7-17/h3-6,11-13H,8-10H2,1-2H3. The van der Waals surface area contributed by atoms with Gasteiger partial charge in [-0.3, -0.25) is 4.90 Å². The fourth-order valence-electron chi connectivity index (χ4n) is 3.08. The molecule has 1 aliphatic heterocycles. The van der Waals surface area contributed by atoms with E-state index in [-0.39, 0.29) is 12.2 Å². The number of hydrogen-bond donors (Lipinski definition) is 0. The molecule has 104 valence electrons. The lowest BCUT2D eigenvalue weighted by molar-refractivity contribution is -0.0705. The van der Waals surface area contributed by atoms with Crippen molar-refractivity contribution in [3.8, 4) is 6.07 Å². The zero-order valence-electron chi connectivity index (χ0n) is 11.9. The molecule has 2 aromatic rings. The third-order valence-corrected chi connectivity index (χ3v) is 3.76. The molecule has 2 aromatic heterocycles. The predicted octanol–water partition coefficient (Wildman–Crippen LogP) is 2.42. The molecule has 3 rings (SSSR count). The molecule has 0 bridgehead atoms. The molecular formula is C16H19N3O. The van der Waals surface area contributed by atoms with Crippen LogP contribution in [0.4, 0.5) is 0 Å². The minimum absolute atomic E-state index is 0.251. The number of nitriles is 1. The van der Waals surface area contributed by atoms with Crippen LogP contribution in [0.15, 0.2) is 30.6 Å². The van der Waals surface area contributed by atoms with Gasteiger partial charge in [-0.15, -0.1) is 0 Å². The van der Waals surface area contributed by atoms with Crippen LogP contribution in [0.25, 0.3) is 5.52 Å². The van der Waals surface area contributed by atoms with Gasteiger partial charge in [0.1, 0.15) is 6.07 Å². The van der Waals surface area contributed by atoms with Crippen molar-refractivity contribution in [2.45, 2.75) is 32.6 Å². The van der Waals surface area contributed by atoms with Gasteiger partial charge < -0.3 is 9.14 Å². The van der Waals surface area contributed by atoms with Crippen LogP contribution in [0.1, 0.15) is 25.0 Å². The molecule has 1 saturated heterocycles. The minimum Gasteiger partial charge on any atom is -0.373 e. The zero-order valence-corrected chi connectivity index (χ0v) is 11.9. The summed E-state index contributed by atoms with van der Waals surface area (Å²) in [6.45, 7) is 6.85. The number of ether oxygens (including phenoxy) is 1. The Hall–Kier alpha value is -1.83. The van der Waals surface area contributed by atoms with Gasteiger partial charge in [0.25, 0.3) is 0 Å². The van der Waals surface area contributed by atoms with Crippen LogP contribution in [-0.4, -0.2) is 34.6 Å². The van der Waals surface area contributed by atoms with Gasteiger partial charge >= 0.3 is 0 Å². The Bertz CT molecular complexity index is 645. The van der Waals surface area contributed by atoms with E-state index in [0.717, 1.165) is 36.3 Å². The highest BCUT2D eigenvalue weighted by Crippen LogP contribution is 2.21. The van der Waals surface area contributed by atoms with E-state index in [9.17, 15) is 5.26 Å². The molecule has 20 heavy (non-hydrogen) atoms. The Kier molecular flexibility index (Phi) is 3.47. The summed E-state index contributed by atoms with van der Waals surface area (Å²) in [7, 11) is 0. The highest BCUT2D eigenvalue weighted by molar-refractivity contribution is 5.65. The Labute approximate surface area is 119 Å². The van der Waals surface area contributed by atoms with Crippen LogP contribution in [0.2, 0.25) is 0 Å². The number of nitrogens with zero attached hydrogens (tertiary/aromatic N) is 3. The summed E-state index contributed by atoms with van der Waals surface area (Å²) < 4.78 is 7.79. The van der Waals surface area contributed by atoms with Crippen molar-refractivity contribution in [3.05, 3.63) is 41.7 Å². The highest BCUT2D eigenvalue weighted by atomic mass is 16.5. The number of fused-ring (bicyclic) bond motifs is 1. The third kappa shape index (κ3) is 2.43. The van der Waals surface area contributed by atoms with Gasteiger partial charge in [-0.2, -0.15) is 5.26 Å². The molecule has 0 aliphatic carbocycles. The first-order valence-corrected chi connectivity index (χ1v) is 7.04. The summed E-state index contributed by atoms with van der Waals surface area (Å²) in [6.07, 6.45) is 4.56. The second-order valence-electron chi connectivity index (χ2n) is 5.59. The fraction of sp³-hybridized carbons (Fsp3) is 0.438. The molecule has 0 aromatic carbocycles. The van der Waals surface area contributed by atoms with E-state index >= 15 is 0 Å². The molecule has 0 amide bonds. The summed E-state index contributed by atoms with van der Waals surface area (Å²) in [5.74, 6) is 0. The van der Waals surface area contributed by atoms with Gasteiger partial charge in [-0.25, -0.2) is 0 Å². The Balaban J connectivity index is 1.89. The van der Waals surface area contributed by atoms with Crippen LogP contribution in [-0.2, 0) is 11.3 Å². The summed E-state index contributed by atoms with van der Waals surface area (Å²) in [5, 5.41) is 9.43. The van der Waals surface area contributed by atoms with Gasteiger partial charge in [0, 0.05) is 37.6 Å². The smallest absolute Gasteiger partial charge is 0.102 e. The monoisotopic (exact) mass is 269 g/mol. The highest BCUT2D eigenvalue weighted by Gasteiger charge is 2.23. The quantitative estimate of drug-likeness (QED) is 0.840. The molecule has 0 saturated carbocycles. The van der Waals surface area contributed by atoms with Crippen molar-refractivity contribution in [3.63, 3.8) is 0 Å². The normalized spacial score (nSPS) is 23.9. The van der Waals surface area contributed by atoms with Gasteiger partial charge in [0.15, 0.2) is 0 Å². The molecule has 1 fully saturated rings. The number of pyridine rings is 1. The largest absolute Gasteiger partial charge is 0.373 e. The zero-order chi connectivity index (χ0) is 14.1. The minimum atomic E-state index is 0.251. The van der Waals surface area contributed by atoms with Gasteiger partial charge in [0.2, 0.25) is 0 Å². The van der Waals surface area contributed by atoms with E-state index in [1.165, 1.54) is 0 Å². The maximum Gasteiger partial charge on any atom is 0.102 e. The van der Waals surface area contributed by atoms with E-state index in [1.54, 1.807) is 0 Å². The van der Waals surface area contributed by atoms with E-state index in [2.05, 4.69) is 31.0 Å². The van der Waals surface area contributed by atoms with Crippen LogP contribution in [0.5, 0.6) is 0 Å². The summed E-state index contributed by atoms with van der Waals surface area (Å²) >= 11 is 0. The maximum atomic E-state index is 9.43. The van der Waals surface area contributed by atoms with Crippen LogP contribution in [0, 0.1) is 11.3 Å². The molecule has 4 nitrogen and oxygen atoms in total. The maximum absolute atomic E-state index is 9.43. The van der Waals surface area contributed by atoms with E-state index < -0.39 is 0 Å². The second kappa shape index (κ2) is 5.28. The average molecular weight is 269 g/mol. The average Bonchev–Trinajstić information content (AvgIpc) is 2.74.